The molecule has 130 valence electrons. The summed E-state index contributed by atoms with van der Waals surface area (Å²) in [6, 6.07) is 17.5. The summed E-state index contributed by atoms with van der Waals surface area (Å²) in [4.78, 5) is 28.7. The van der Waals surface area contributed by atoms with Crippen LogP contribution in [-0.2, 0) is 11.2 Å². The molecule has 0 unspecified atom stereocenters. The van der Waals surface area contributed by atoms with Crippen LogP contribution in [0.5, 0.6) is 0 Å². The highest BCUT2D eigenvalue weighted by Gasteiger charge is 2.25. The Balaban J connectivity index is 1.50. The first kappa shape index (κ1) is 17.7. The van der Waals surface area contributed by atoms with Gasteiger partial charge in [0.2, 0.25) is 5.91 Å². The normalized spacial score (nSPS) is 14.4. The molecule has 0 bridgehead atoms. The Morgan fingerprint density at radius 1 is 0.840 bits per heavy atom. The highest BCUT2D eigenvalue weighted by atomic mass is 79.9. The molecule has 1 heterocycles. The van der Waals surface area contributed by atoms with Crippen molar-refractivity contribution in [2.45, 2.75) is 12.8 Å². The first-order valence-electron chi connectivity index (χ1n) is 8.50. The number of benzene rings is 2. The molecule has 2 aromatic rings. The minimum absolute atomic E-state index is 0.0175. The Kier molecular flexibility index (Phi) is 5.87. The number of halogens is 1. The molecule has 1 aliphatic rings. The van der Waals surface area contributed by atoms with Crippen LogP contribution in [0, 0.1) is 0 Å². The molecule has 0 spiro atoms. The quantitative estimate of drug-likeness (QED) is 0.789. The van der Waals surface area contributed by atoms with Crippen molar-refractivity contribution in [3.05, 3.63) is 70.2 Å². The molecule has 2 amide bonds. The third-order valence-corrected chi connectivity index (χ3v) is 5.19. The summed E-state index contributed by atoms with van der Waals surface area (Å²) in [7, 11) is 0. The van der Waals surface area contributed by atoms with Gasteiger partial charge in [0.05, 0.1) is 5.56 Å². The Labute approximate surface area is 156 Å². The third kappa shape index (κ3) is 4.48. The second kappa shape index (κ2) is 8.30. The lowest BCUT2D eigenvalue weighted by atomic mass is 10.1. The second-order valence-electron chi connectivity index (χ2n) is 6.14. The number of nitrogens with zero attached hydrogens (tertiary/aromatic N) is 2. The van der Waals surface area contributed by atoms with Crippen LogP contribution in [0.3, 0.4) is 0 Å². The molecular formula is C20H21BrN2O2. The van der Waals surface area contributed by atoms with E-state index >= 15 is 0 Å². The first-order chi connectivity index (χ1) is 12.1. The Morgan fingerprint density at radius 2 is 1.44 bits per heavy atom. The van der Waals surface area contributed by atoms with Crippen LogP contribution >= 0.6 is 15.9 Å². The van der Waals surface area contributed by atoms with Gasteiger partial charge in [-0.2, -0.15) is 0 Å². The number of amides is 2. The maximum absolute atomic E-state index is 12.6. The van der Waals surface area contributed by atoms with E-state index in [1.165, 1.54) is 5.56 Å². The summed E-state index contributed by atoms with van der Waals surface area (Å²) in [6.45, 7) is 2.36. The lowest BCUT2D eigenvalue weighted by Gasteiger charge is -2.35. The van der Waals surface area contributed by atoms with E-state index in [9.17, 15) is 9.59 Å². The van der Waals surface area contributed by atoms with Gasteiger partial charge in [-0.3, -0.25) is 9.59 Å². The third-order valence-electron chi connectivity index (χ3n) is 4.49. The Bertz CT molecular complexity index is 740. The monoisotopic (exact) mass is 400 g/mol. The summed E-state index contributed by atoms with van der Waals surface area (Å²) in [5, 5.41) is 0. The molecule has 0 aliphatic carbocycles. The van der Waals surface area contributed by atoms with Gasteiger partial charge in [-0.05, 0) is 40.0 Å². The summed E-state index contributed by atoms with van der Waals surface area (Å²) >= 11 is 3.43. The van der Waals surface area contributed by atoms with E-state index in [1.54, 1.807) is 0 Å². The predicted molar refractivity (Wildman–Crippen MR) is 101 cm³/mol. The van der Waals surface area contributed by atoms with E-state index in [1.807, 2.05) is 64.4 Å². The van der Waals surface area contributed by atoms with Crippen molar-refractivity contribution in [2.75, 3.05) is 26.2 Å². The van der Waals surface area contributed by atoms with Crippen molar-refractivity contribution >= 4 is 27.7 Å². The maximum atomic E-state index is 12.6. The fraction of sp³-hybridized carbons (Fsp3) is 0.300. The van der Waals surface area contributed by atoms with Crippen LogP contribution in [0.15, 0.2) is 59.1 Å². The molecule has 3 rings (SSSR count). The SMILES string of the molecule is O=C(CCc1ccccc1)N1CCN(C(=O)c2ccccc2Br)CC1. The number of aryl methyl sites for hydroxylation is 1. The molecule has 5 heteroatoms. The molecule has 1 saturated heterocycles. The highest BCUT2D eigenvalue weighted by Crippen LogP contribution is 2.19. The standard InChI is InChI=1S/C20H21BrN2O2/c21-18-9-5-4-8-17(18)20(25)23-14-12-22(13-15-23)19(24)11-10-16-6-2-1-3-7-16/h1-9H,10-15H2. The predicted octanol–water partition coefficient (Wildman–Crippen LogP) is 3.37. The van der Waals surface area contributed by atoms with Gasteiger partial charge in [0.15, 0.2) is 0 Å². The number of rotatable bonds is 4. The smallest absolute Gasteiger partial charge is 0.255 e. The molecule has 1 fully saturated rings. The molecule has 4 nitrogen and oxygen atoms in total. The molecule has 0 saturated carbocycles. The minimum Gasteiger partial charge on any atom is -0.339 e. The zero-order valence-corrected chi connectivity index (χ0v) is 15.6. The Morgan fingerprint density at radius 3 is 2.12 bits per heavy atom. The van der Waals surface area contributed by atoms with Crippen molar-refractivity contribution in [1.82, 2.24) is 9.80 Å². The molecule has 2 aromatic carbocycles. The largest absolute Gasteiger partial charge is 0.339 e. The van der Waals surface area contributed by atoms with Gasteiger partial charge in [-0.25, -0.2) is 0 Å². The zero-order valence-electron chi connectivity index (χ0n) is 14.0. The molecule has 0 N–H and O–H groups in total. The van der Waals surface area contributed by atoms with Crippen molar-refractivity contribution in [2.24, 2.45) is 0 Å². The topological polar surface area (TPSA) is 40.6 Å². The zero-order chi connectivity index (χ0) is 17.6. The molecule has 1 aliphatic heterocycles. The van der Waals surface area contributed by atoms with Gasteiger partial charge in [0.1, 0.15) is 0 Å². The average Bonchev–Trinajstić information content (AvgIpc) is 2.67. The lowest BCUT2D eigenvalue weighted by Crippen LogP contribution is -2.50. The van der Waals surface area contributed by atoms with Crippen LogP contribution in [0.25, 0.3) is 0 Å². The molecule has 0 radical (unpaired) electrons. The number of hydrogen-bond acceptors (Lipinski definition) is 2. The number of piperazine rings is 1. The summed E-state index contributed by atoms with van der Waals surface area (Å²) < 4.78 is 0.807. The molecular weight excluding hydrogens is 380 g/mol. The lowest BCUT2D eigenvalue weighted by molar-refractivity contribution is -0.132. The van der Waals surface area contributed by atoms with Crippen molar-refractivity contribution in [3.63, 3.8) is 0 Å². The van der Waals surface area contributed by atoms with E-state index in [2.05, 4.69) is 15.9 Å². The van der Waals surface area contributed by atoms with Gasteiger partial charge in [-0.1, -0.05) is 42.5 Å². The fourth-order valence-corrected chi connectivity index (χ4v) is 3.47. The van der Waals surface area contributed by atoms with Gasteiger partial charge < -0.3 is 9.80 Å². The number of carbonyl (C=O) groups excluding carboxylic acids is 2. The van der Waals surface area contributed by atoms with E-state index < -0.39 is 0 Å². The van der Waals surface area contributed by atoms with Gasteiger partial charge in [0, 0.05) is 37.1 Å². The summed E-state index contributed by atoms with van der Waals surface area (Å²) in [5.74, 6) is 0.181. The minimum atomic E-state index is 0.0175. The van der Waals surface area contributed by atoms with Crippen molar-refractivity contribution in [1.29, 1.82) is 0 Å². The summed E-state index contributed by atoms with van der Waals surface area (Å²) in [6.07, 6.45) is 1.28. The molecule has 25 heavy (non-hydrogen) atoms. The highest BCUT2D eigenvalue weighted by molar-refractivity contribution is 9.10. The van der Waals surface area contributed by atoms with Crippen molar-refractivity contribution in [3.8, 4) is 0 Å². The van der Waals surface area contributed by atoms with Gasteiger partial charge in [0.25, 0.3) is 5.91 Å². The average molecular weight is 401 g/mol. The van der Waals surface area contributed by atoms with Crippen LogP contribution in [0.1, 0.15) is 22.3 Å². The van der Waals surface area contributed by atoms with Crippen LogP contribution in [0.4, 0.5) is 0 Å². The van der Waals surface area contributed by atoms with E-state index in [0.717, 1.165) is 10.9 Å². The molecule has 0 aromatic heterocycles. The van der Waals surface area contributed by atoms with Crippen molar-refractivity contribution < 1.29 is 9.59 Å². The number of carbonyl (C=O) groups is 2. The molecule has 0 atom stereocenters. The second-order valence-corrected chi connectivity index (χ2v) is 6.99. The van der Waals surface area contributed by atoms with Crippen LogP contribution in [-0.4, -0.2) is 47.8 Å². The fourth-order valence-electron chi connectivity index (χ4n) is 3.02. The number of hydrogen-bond donors (Lipinski definition) is 0. The maximum Gasteiger partial charge on any atom is 0.255 e. The van der Waals surface area contributed by atoms with E-state index in [4.69, 9.17) is 0 Å². The van der Waals surface area contributed by atoms with Crippen LogP contribution < -0.4 is 0 Å². The van der Waals surface area contributed by atoms with Gasteiger partial charge in [-0.15, -0.1) is 0 Å². The van der Waals surface area contributed by atoms with Crippen LogP contribution in [0.2, 0.25) is 0 Å². The van der Waals surface area contributed by atoms with Gasteiger partial charge >= 0.3 is 0 Å². The van der Waals surface area contributed by atoms with E-state index in [0.29, 0.717) is 38.2 Å². The summed E-state index contributed by atoms with van der Waals surface area (Å²) in [5.41, 5.74) is 1.85. The Hall–Kier alpha value is -2.14. The first-order valence-corrected chi connectivity index (χ1v) is 9.30. The van der Waals surface area contributed by atoms with E-state index in [-0.39, 0.29) is 11.8 Å².